The van der Waals surface area contributed by atoms with Crippen LogP contribution >= 0.6 is 0 Å². The van der Waals surface area contributed by atoms with Crippen molar-refractivity contribution in [3.05, 3.63) is 72.4 Å². The van der Waals surface area contributed by atoms with Gasteiger partial charge in [-0.25, -0.2) is 4.98 Å². The Labute approximate surface area is 158 Å². The predicted octanol–water partition coefficient (Wildman–Crippen LogP) is 3.26. The van der Waals surface area contributed by atoms with Crippen LogP contribution in [0.4, 0.5) is 0 Å². The second-order valence-corrected chi connectivity index (χ2v) is 6.71. The Morgan fingerprint density at radius 2 is 1.93 bits per heavy atom. The van der Waals surface area contributed by atoms with Gasteiger partial charge in [0.1, 0.15) is 11.9 Å². The maximum absolute atomic E-state index is 12.9. The van der Waals surface area contributed by atoms with Gasteiger partial charge in [-0.1, -0.05) is 0 Å². The number of likely N-dealkylation sites (tertiary alicyclic amines) is 1. The highest BCUT2D eigenvalue weighted by Gasteiger charge is 2.26. The largest absolute Gasteiger partial charge is 0.472 e. The van der Waals surface area contributed by atoms with Gasteiger partial charge in [-0.2, -0.15) is 4.98 Å². The molecule has 0 unspecified atom stereocenters. The minimum Gasteiger partial charge on any atom is -0.472 e. The molecule has 0 saturated carbocycles. The topological polar surface area (TPSA) is 60.2 Å². The van der Waals surface area contributed by atoms with Crippen molar-refractivity contribution in [1.29, 1.82) is 0 Å². The van der Waals surface area contributed by atoms with E-state index < -0.39 is 0 Å². The van der Waals surface area contributed by atoms with Crippen LogP contribution in [0, 0.1) is 6.92 Å². The lowest BCUT2D eigenvalue weighted by Crippen LogP contribution is -2.44. The zero-order chi connectivity index (χ0) is 18.6. The summed E-state index contributed by atoms with van der Waals surface area (Å²) in [6, 6.07) is 13.4. The van der Waals surface area contributed by atoms with Crippen molar-refractivity contribution < 1.29 is 9.53 Å². The molecule has 27 heavy (non-hydrogen) atoms. The Morgan fingerprint density at radius 1 is 1.15 bits per heavy atom. The second kappa shape index (κ2) is 7.61. The molecule has 3 heterocycles. The molecule has 1 fully saturated rings. The Morgan fingerprint density at radius 3 is 2.67 bits per heavy atom. The van der Waals surface area contributed by atoms with Crippen molar-refractivity contribution in [3.8, 4) is 11.6 Å². The summed E-state index contributed by atoms with van der Waals surface area (Å²) in [5.41, 5.74) is 1.74. The average Bonchev–Trinajstić information content (AvgIpc) is 3.23. The van der Waals surface area contributed by atoms with E-state index >= 15 is 0 Å². The van der Waals surface area contributed by atoms with E-state index in [1.54, 1.807) is 12.3 Å². The molecule has 1 aliphatic heterocycles. The van der Waals surface area contributed by atoms with Crippen LogP contribution in [0.5, 0.6) is 5.88 Å². The van der Waals surface area contributed by atoms with Crippen molar-refractivity contribution >= 4 is 5.91 Å². The fraction of sp³-hybridized carbons (Fsp3) is 0.286. The van der Waals surface area contributed by atoms with Gasteiger partial charge in [0, 0.05) is 42.5 Å². The van der Waals surface area contributed by atoms with Crippen LogP contribution in [0.1, 0.15) is 29.0 Å². The third-order valence-electron chi connectivity index (χ3n) is 4.72. The Bertz CT molecular complexity index is 906. The summed E-state index contributed by atoms with van der Waals surface area (Å²) in [6.45, 7) is 3.16. The number of carbonyl (C=O) groups excluding carboxylic acids is 1. The third-order valence-corrected chi connectivity index (χ3v) is 4.72. The molecule has 0 N–H and O–H groups in total. The number of aromatic nitrogens is 3. The van der Waals surface area contributed by atoms with Crippen molar-refractivity contribution in [1.82, 2.24) is 19.4 Å². The van der Waals surface area contributed by atoms with Gasteiger partial charge in [0.25, 0.3) is 5.91 Å². The van der Waals surface area contributed by atoms with Crippen LogP contribution in [0.2, 0.25) is 0 Å². The molecule has 1 aromatic carbocycles. The highest BCUT2D eigenvalue weighted by atomic mass is 16.5. The molecule has 4 rings (SSSR count). The fourth-order valence-electron chi connectivity index (χ4n) is 3.36. The molecule has 1 aliphatic rings. The van der Waals surface area contributed by atoms with Crippen LogP contribution in [-0.4, -0.2) is 44.5 Å². The van der Waals surface area contributed by atoms with Crippen molar-refractivity contribution in [2.75, 3.05) is 13.1 Å². The molecular weight excluding hydrogens is 340 g/mol. The van der Waals surface area contributed by atoms with E-state index in [1.165, 1.54) is 0 Å². The van der Waals surface area contributed by atoms with E-state index in [1.807, 2.05) is 65.2 Å². The lowest BCUT2D eigenvalue weighted by atomic mass is 10.1. The average molecular weight is 362 g/mol. The number of nitrogens with zero attached hydrogens (tertiary/aromatic N) is 4. The number of benzene rings is 1. The van der Waals surface area contributed by atoms with E-state index in [0.29, 0.717) is 23.8 Å². The van der Waals surface area contributed by atoms with Crippen LogP contribution in [0.25, 0.3) is 5.69 Å². The van der Waals surface area contributed by atoms with Crippen molar-refractivity contribution in [2.24, 2.45) is 0 Å². The first-order valence-electron chi connectivity index (χ1n) is 9.18. The molecule has 1 atom stereocenters. The lowest BCUT2D eigenvalue weighted by molar-refractivity contribution is 0.0527. The van der Waals surface area contributed by atoms with Crippen molar-refractivity contribution in [3.63, 3.8) is 0 Å². The maximum atomic E-state index is 12.9. The number of hydrogen-bond acceptors (Lipinski definition) is 4. The number of ether oxygens (including phenoxy) is 1. The lowest BCUT2D eigenvalue weighted by Gasteiger charge is -2.32. The predicted molar refractivity (Wildman–Crippen MR) is 102 cm³/mol. The first-order valence-corrected chi connectivity index (χ1v) is 9.18. The number of carbonyl (C=O) groups is 1. The monoisotopic (exact) mass is 362 g/mol. The standard InChI is InChI=1S/C21H22N4O2/c1-16-22-11-10-20(23-16)27-19-5-4-14-25(15-19)21(26)17-6-8-18(9-7-17)24-12-2-3-13-24/h2-3,6-13,19H,4-5,14-15H2,1H3/t19-/m0/s1. The zero-order valence-electron chi connectivity index (χ0n) is 15.3. The molecule has 2 aromatic heterocycles. The highest BCUT2D eigenvalue weighted by Crippen LogP contribution is 2.19. The number of aryl methyl sites for hydroxylation is 1. The normalized spacial score (nSPS) is 16.9. The maximum Gasteiger partial charge on any atom is 0.253 e. The van der Waals surface area contributed by atoms with Crippen molar-refractivity contribution in [2.45, 2.75) is 25.9 Å². The second-order valence-electron chi connectivity index (χ2n) is 6.71. The van der Waals surface area contributed by atoms with Gasteiger partial charge in [0.05, 0.1) is 6.54 Å². The number of rotatable bonds is 4. The molecule has 0 radical (unpaired) electrons. The van der Waals surface area contributed by atoms with Crippen LogP contribution in [-0.2, 0) is 0 Å². The molecule has 6 heteroatoms. The first-order chi connectivity index (χ1) is 13.2. The van der Waals surface area contributed by atoms with Crippen LogP contribution in [0.15, 0.2) is 61.1 Å². The Hall–Kier alpha value is -3.15. The number of amides is 1. The van der Waals surface area contributed by atoms with Gasteiger partial charge in [0.2, 0.25) is 5.88 Å². The third kappa shape index (κ3) is 4.00. The number of hydrogen-bond donors (Lipinski definition) is 0. The molecule has 3 aromatic rings. The summed E-state index contributed by atoms with van der Waals surface area (Å²) < 4.78 is 7.99. The highest BCUT2D eigenvalue weighted by molar-refractivity contribution is 5.94. The van der Waals surface area contributed by atoms with Gasteiger partial charge < -0.3 is 14.2 Å². The smallest absolute Gasteiger partial charge is 0.253 e. The van der Waals surface area contributed by atoms with Crippen LogP contribution < -0.4 is 4.74 Å². The summed E-state index contributed by atoms with van der Waals surface area (Å²) >= 11 is 0. The van der Waals surface area contributed by atoms with E-state index in [0.717, 1.165) is 25.1 Å². The van der Waals surface area contributed by atoms with Crippen LogP contribution in [0.3, 0.4) is 0 Å². The fourth-order valence-corrected chi connectivity index (χ4v) is 3.36. The molecule has 138 valence electrons. The van der Waals surface area contributed by atoms with E-state index in [2.05, 4.69) is 9.97 Å². The first kappa shape index (κ1) is 17.3. The molecule has 0 spiro atoms. The zero-order valence-corrected chi connectivity index (χ0v) is 15.3. The summed E-state index contributed by atoms with van der Waals surface area (Å²) in [4.78, 5) is 23.1. The van der Waals surface area contributed by atoms with Gasteiger partial charge in [-0.15, -0.1) is 0 Å². The van der Waals surface area contributed by atoms with Gasteiger partial charge in [-0.3, -0.25) is 4.79 Å². The minimum atomic E-state index is -0.0452. The molecular formula is C21H22N4O2. The Balaban J connectivity index is 1.42. The Kier molecular flexibility index (Phi) is 4.87. The molecule has 6 nitrogen and oxygen atoms in total. The van der Waals surface area contributed by atoms with Gasteiger partial charge >= 0.3 is 0 Å². The summed E-state index contributed by atoms with van der Waals surface area (Å²) in [5.74, 6) is 1.29. The summed E-state index contributed by atoms with van der Waals surface area (Å²) in [7, 11) is 0. The minimum absolute atomic E-state index is 0.0428. The van der Waals surface area contributed by atoms with Gasteiger partial charge in [0.15, 0.2) is 0 Å². The molecule has 1 saturated heterocycles. The van der Waals surface area contributed by atoms with Gasteiger partial charge in [-0.05, 0) is 56.2 Å². The van der Waals surface area contributed by atoms with E-state index in [4.69, 9.17) is 4.74 Å². The SMILES string of the molecule is Cc1nccc(O[C@H]2CCCN(C(=O)c3ccc(-n4cccc4)cc3)C2)n1. The summed E-state index contributed by atoms with van der Waals surface area (Å²) in [6.07, 6.45) is 7.45. The quantitative estimate of drug-likeness (QED) is 0.715. The molecule has 0 aliphatic carbocycles. The van der Waals surface area contributed by atoms with E-state index in [9.17, 15) is 4.79 Å². The number of piperidine rings is 1. The molecule has 1 amide bonds. The summed E-state index contributed by atoms with van der Waals surface area (Å²) in [5, 5.41) is 0. The van der Waals surface area contributed by atoms with E-state index in [-0.39, 0.29) is 12.0 Å². The molecule has 0 bridgehead atoms.